The Kier molecular flexibility index (Phi) is 50.0. The molecule has 0 saturated heterocycles. The fraction of sp³-hybridized carbons (Fsp3) is 0.828. The van der Waals surface area contributed by atoms with Crippen LogP contribution in [0.4, 0.5) is 0 Å². The Morgan fingerprint density at radius 2 is 0.812 bits per heavy atom. The largest absolute Gasteiger partial charge is 0.462 e. The van der Waals surface area contributed by atoms with Crippen LogP contribution in [0.2, 0.25) is 0 Å². The smallest absolute Gasteiger partial charge is 0.306 e. The van der Waals surface area contributed by atoms with Crippen LogP contribution in [-0.4, -0.2) is 46.9 Å². The van der Waals surface area contributed by atoms with Crippen molar-refractivity contribution in [3.63, 3.8) is 0 Å². The maximum absolute atomic E-state index is 13.2. The zero-order chi connectivity index (χ0) is 46.7. The second kappa shape index (κ2) is 51.8. The van der Waals surface area contributed by atoms with Gasteiger partial charge in [-0.2, -0.15) is 0 Å². The number of nitrogens with one attached hydrogen (secondary N) is 1. The molecule has 0 aromatic heterocycles. The molecule has 0 rings (SSSR count). The molecule has 0 fully saturated rings. The third-order valence-electron chi connectivity index (χ3n) is 12.7. The minimum absolute atomic E-state index is 0.0428. The Morgan fingerprint density at radius 3 is 1.23 bits per heavy atom. The van der Waals surface area contributed by atoms with E-state index in [9.17, 15) is 19.8 Å². The Bertz CT molecular complexity index is 1100. The summed E-state index contributed by atoms with van der Waals surface area (Å²) >= 11 is 0. The molecule has 0 spiro atoms. The van der Waals surface area contributed by atoms with E-state index >= 15 is 0 Å². The molecule has 0 saturated carbocycles. The van der Waals surface area contributed by atoms with Crippen LogP contribution in [0.1, 0.15) is 284 Å². The molecule has 6 nitrogen and oxygen atoms in total. The van der Waals surface area contributed by atoms with Crippen molar-refractivity contribution in [2.75, 3.05) is 6.61 Å². The van der Waals surface area contributed by atoms with E-state index in [0.29, 0.717) is 19.3 Å². The van der Waals surface area contributed by atoms with Crippen molar-refractivity contribution in [3.8, 4) is 0 Å². The lowest BCUT2D eigenvalue weighted by atomic mass is 10.0. The van der Waals surface area contributed by atoms with Gasteiger partial charge < -0.3 is 20.3 Å². The number of carbonyl (C=O) groups is 2. The molecule has 3 unspecified atom stereocenters. The van der Waals surface area contributed by atoms with Crippen molar-refractivity contribution >= 4 is 11.9 Å². The fourth-order valence-corrected chi connectivity index (χ4v) is 8.42. The topological polar surface area (TPSA) is 95.9 Å². The molecular formula is C58H107NO5. The molecule has 0 bridgehead atoms. The Morgan fingerprint density at radius 1 is 0.453 bits per heavy atom. The highest BCUT2D eigenvalue weighted by Gasteiger charge is 2.24. The van der Waals surface area contributed by atoms with E-state index in [2.05, 4.69) is 74.7 Å². The van der Waals surface area contributed by atoms with Gasteiger partial charge in [0.25, 0.3) is 0 Å². The number of carbonyl (C=O) groups excluding carboxylic acids is 2. The summed E-state index contributed by atoms with van der Waals surface area (Å²) in [7, 11) is 0. The predicted octanol–water partition coefficient (Wildman–Crippen LogP) is 17.0. The predicted molar refractivity (Wildman–Crippen MR) is 278 cm³/mol. The standard InChI is InChI=1S/C58H107NO5/c1-4-7-10-13-16-19-22-25-27-28-30-32-34-37-40-43-46-49-54(64-58(63)51-48-45-42-39-36-31-24-21-18-15-12-9-6-3)52-57(62)59-55(53-60)56(61)50-47-44-41-38-35-33-29-26-23-20-17-14-11-8-5-2/h16,19,25,27,30,32,37,40,54-56,60-61H,4-15,17-18,20-24,26,28-29,31,33-36,38-39,41-53H2,1-3H3,(H,59,62)/b19-16-,27-25-,32-30-,40-37-. The van der Waals surface area contributed by atoms with Gasteiger partial charge in [-0.25, -0.2) is 0 Å². The molecule has 64 heavy (non-hydrogen) atoms. The van der Waals surface area contributed by atoms with Crippen molar-refractivity contribution in [2.24, 2.45) is 0 Å². The zero-order valence-corrected chi connectivity index (χ0v) is 42.7. The molecule has 0 aliphatic carbocycles. The molecule has 0 aromatic rings. The van der Waals surface area contributed by atoms with Crippen molar-refractivity contribution < 1.29 is 24.5 Å². The lowest BCUT2D eigenvalue weighted by Gasteiger charge is -2.24. The molecular weight excluding hydrogens is 791 g/mol. The van der Waals surface area contributed by atoms with Crippen LogP contribution in [0.25, 0.3) is 0 Å². The van der Waals surface area contributed by atoms with Gasteiger partial charge >= 0.3 is 5.97 Å². The zero-order valence-electron chi connectivity index (χ0n) is 42.7. The van der Waals surface area contributed by atoms with Gasteiger partial charge in [-0.05, 0) is 64.2 Å². The number of hydrogen-bond acceptors (Lipinski definition) is 5. The first kappa shape index (κ1) is 61.8. The molecule has 0 aromatic carbocycles. The van der Waals surface area contributed by atoms with Crippen LogP contribution in [0.3, 0.4) is 0 Å². The average Bonchev–Trinajstić information content (AvgIpc) is 3.29. The Labute approximate surface area is 397 Å². The lowest BCUT2D eigenvalue weighted by molar-refractivity contribution is -0.151. The number of unbranched alkanes of at least 4 members (excludes halogenated alkanes) is 30. The van der Waals surface area contributed by atoms with Crippen molar-refractivity contribution in [2.45, 2.75) is 302 Å². The summed E-state index contributed by atoms with van der Waals surface area (Å²) in [5.74, 6) is -0.517. The van der Waals surface area contributed by atoms with Gasteiger partial charge in [0.15, 0.2) is 0 Å². The van der Waals surface area contributed by atoms with E-state index in [4.69, 9.17) is 4.74 Å². The lowest BCUT2D eigenvalue weighted by Crippen LogP contribution is -2.46. The van der Waals surface area contributed by atoms with E-state index in [-0.39, 0.29) is 24.9 Å². The van der Waals surface area contributed by atoms with Crippen LogP contribution < -0.4 is 5.32 Å². The normalized spacial score (nSPS) is 13.5. The van der Waals surface area contributed by atoms with Crippen LogP contribution in [0.15, 0.2) is 48.6 Å². The number of aliphatic hydroxyl groups is 2. The highest BCUT2D eigenvalue weighted by Crippen LogP contribution is 2.18. The maximum Gasteiger partial charge on any atom is 0.306 e. The first-order valence-electron chi connectivity index (χ1n) is 27.9. The molecule has 3 atom stereocenters. The van der Waals surface area contributed by atoms with Gasteiger partial charge in [-0.1, -0.05) is 256 Å². The minimum atomic E-state index is -0.801. The second-order valence-corrected chi connectivity index (χ2v) is 19.0. The quantitative estimate of drug-likeness (QED) is 0.0321. The second-order valence-electron chi connectivity index (χ2n) is 19.0. The van der Waals surface area contributed by atoms with Crippen molar-refractivity contribution in [1.82, 2.24) is 5.32 Å². The molecule has 374 valence electrons. The van der Waals surface area contributed by atoms with Crippen LogP contribution >= 0.6 is 0 Å². The van der Waals surface area contributed by atoms with E-state index in [1.807, 2.05) is 0 Å². The number of allylic oxidation sites excluding steroid dienone is 8. The van der Waals surface area contributed by atoms with Gasteiger partial charge in [-0.3, -0.25) is 9.59 Å². The highest BCUT2D eigenvalue weighted by molar-refractivity contribution is 5.77. The number of aliphatic hydroxyl groups excluding tert-OH is 2. The summed E-state index contributed by atoms with van der Waals surface area (Å²) in [5, 5.41) is 23.8. The van der Waals surface area contributed by atoms with Gasteiger partial charge in [-0.15, -0.1) is 0 Å². The first-order chi connectivity index (χ1) is 31.5. The first-order valence-corrected chi connectivity index (χ1v) is 27.9. The van der Waals surface area contributed by atoms with E-state index in [0.717, 1.165) is 70.6 Å². The van der Waals surface area contributed by atoms with Gasteiger partial charge in [0.2, 0.25) is 5.91 Å². The van der Waals surface area contributed by atoms with Gasteiger partial charge in [0, 0.05) is 6.42 Å². The van der Waals surface area contributed by atoms with E-state index in [1.165, 1.54) is 167 Å². The summed E-state index contributed by atoms with van der Waals surface area (Å²) in [6.07, 6.45) is 63.2. The third kappa shape index (κ3) is 46.4. The molecule has 6 heteroatoms. The third-order valence-corrected chi connectivity index (χ3v) is 12.7. The SMILES string of the molecule is CCCCC/C=C\C/C=C\C/C=C\C/C=C\CCCC(CC(=O)NC(CO)C(O)CCCCCCCCCCCCCCCCC)OC(=O)CCCCCCCCCCCCCCC. The highest BCUT2D eigenvalue weighted by atomic mass is 16.5. The number of amides is 1. The molecule has 0 aliphatic rings. The monoisotopic (exact) mass is 898 g/mol. The summed E-state index contributed by atoms with van der Waals surface area (Å²) < 4.78 is 5.92. The number of ether oxygens (including phenoxy) is 1. The average molecular weight is 898 g/mol. The van der Waals surface area contributed by atoms with Crippen LogP contribution in [-0.2, 0) is 14.3 Å². The molecule has 3 N–H and O–H groups in total. The summed E-state index contributed by atoms with van der Waals surface area (Å²) in [4.78, 5) is 26.2. The number of rotatable bonds is 50. The van der Waals surface area contributed by atoms with Crippen molar-refractivity contribution in [3.05, 3.63) is 48.6 Å². The summed E-state index contributed by atoms with van der Waals surface area (Å²) in [6, 6.07) is -0.718. The van der Waals surface area contributed by atoms with Crippen LogP contribution in [0.5, 0.6) is 0 Å². The molecule has 1 amide bonds. The number of esters is 1. The van der Waals surface area contributed by atoms with E-state index in [1.54, 1.807) is 0 Å². The molecule has 0 aliphatic heterocycles. The van der Waals surface area contributed by atoms with Crippen molar-refractivity contribution in [1.29, 1.82) is 0 Å². The number of hydrogen-bond donors (Lipinski definition) is 3. The van der Waals surface area contributed by atoms with Gasteiger partial charge in [0.05, 0.1) is 25.2 Å². The molecule has 0 radical (unpaired) electrons. The minimum Gasteiger partial charge on any atom is -0.462 e. The Balaban J connectivity index is 4.64. The van der Waals surface area contributed by atoms with Gasteiger partial charge in [0.1, 0.15) is 6.10 Å². The van der Waals surface area contributed by atoms with E-state index < -0.39 is 18.2 Å². The summed E-state index contributed by atoms with van der Waals surface area (Å²) in [5.41, 5.74) is 0. The summed E-state index contributed by atoms with van der Waals surface area (Å²) in [6.45, 7) is 6.46. The molecule has 0 heterocycles. The Hall–Kier alpha value is -2.18. The van der Waals surface area contributed by atoms with Crippen LogP contribution in [0, 0.1) is 0 Å². The maximum atomic E-state index is 13.2. The fourth-order valence-electron chi connectivity index (χ4n) is 8.42.